The molecule has 6 N–H and O–H groups in total. The van der Waals surface area contributed by atoms with Crippen molar-refractivity contribution in [1.29, 1.82) is 0 Å². The lowest BCUT2D eigenvalue weighted by molar-refractivity contribution is -0.119. The topological polar surface area (TPSA) is 164 Å². The van der Waals surface area contributed by atoms with Gasteiger partial charge < -0.3 is 30.0 Å². The molecule has 0 aromatic heterocycles. The number of hydrogen-bond acceptors (Lipinski definition) is 4. The van der Waals surface area contributed by atoms with Crippen LogP contribution in [0.2, 0.25) is 0 Å². The van der Waals surface area contributed by atoms with Crippen molar-refractivity contribution >= 4 is 21.1 Å². The zero-order chi connectivity index (χ0) is 12.5. The maximum atomic E-state index is 10.7. The number of aliphatic hydroxyl groups is 1. The molecule has 0 rings (SSSR count). The van der Waals surface area contributed by atoms with E-state index in [-0.39, 0.29) is 0 Å². The van der Waals surface area contributed by atoms with Crippen LogP contribution in [0, 0.1) is 0 Å². The SMILES string of the molecule is CC(=O)NCC(O)(P(=O)(O)O)P(=O)(O)O. The van der Waals surface area contributed by atoms with Crippen LogP contribution in [0.1, 0.15) is 6.92 Å². The molecule has 0 heterocycles. The molecule has 1 amide bonds. The lowest BCUT2D eigenvalue weighted by atomic mass is 10.6. The Morgan fingerprint density at radius 2 is 1.53 bits per heavy atom. The zero-order valence-corrected chi connectivity index (χ0v) is 9.35. The van der Waals surface area contributed by atoms with Crippen LogP contribution in [0.4, 0.5) is 0 Å². The largest absolute Gasteiger partial charge is 0.371 e. The van der Waals surface area contributed by atoms with E-state index in [1.165, 1.54) is 0 Å². The molecule has 0 fully saturated rings. The number of amides is 1. The van der Waals surface area contributed by atoms with Crippen LogP contribution in [0.5, 0.6) is 0 Å². The van der Waals surface area contributed by atoms with E-state index < -0.39 is 32.7 Å². The van der Waals surface area contributed by atoms with Gasteiger partial charge in [0.15, 0.2) is 0 Å². The molecule has 0 saturated carbocycles. The first-order valence-corrected chi connectivity index (χ1v) is 6.72. The fourth-order valence-electron chi connectivity index (χ4n) is 0.619. The molecule has 0 spiro atoms. The molecule has 0 saturated heterocycles. The molecule has 0 aliphatic heterocycles. The first kappa shape index (κ1) is 14.7. The normalized spacial score (nSPS) is 13.7. The molecule has 15 heavy (non-hydrogen) atoms. The van der Waals surface area contributed by atoms with Gasteiger partial charge in [-0.1, -0.05) is 0 Å². The van der Waals surface area contributed by atoms with Gasteiger partial charge in [0.2, 0.25) is 5.91 Å². The molecule has 0 atom stereocenters. The molecule has 90 valence electrons. The summed E-state index contributed by atoms with van der Waals surface area (Å²) < 4.78 is 21.4. The van der Waals surface area contributed by atoms with Crippen LogP contribution in [0.25, 0.3) is 0 Å². The third-order valence-electron chi connectivity index (χ3n) is 1.51. The second-order valence-corrected chi connectivity index (χ2v) is 6.78. The van der Waals surface area contributed by atoms with E-state index in [9.17, 15) is 19.0 Å². The molecular formula is C4H11NO8P2. The van der Waals surface area contributed by atoms with Gasteiger partial charge in [0.05, 0.1) is 6.54 Å². The van der Waals surface area contributed by atoms with Crippen molar-refractivity contribution in [2.75, 3.05) is 6.54 Å². The third kappa shape index (κ3) is 3.35. The van der Waals surface area contributed by atoms with Gasteiger partial charge in [0.25, 0.3) is 5.08 Å². The van der Waals surface area contributed by atoms with Gasteiger partial charge in [-0.2, -0.15) is 0 Å². The quantitative estimate of drug-likeness (QED) is 0.321. The van der Waals surface area contributed by atoms with Crippen molar-refractivity contribution < 1.29 is 38.6 Å². The highest BCUT2D eigenvalue weighted by atomic mass is 31.2. The zero-order valence-electron chi connectivity index (χ0n) is 7.56. The predicted octanol–water partition coefficient (Wildman–Crippen LogP) is -1.88. The van der Waals surface area contributed by atoms with Gasteiger partial charge in [-0.25, -0.2) is 0 Å². The molecule has 0 bridgehead atoms. The number of carbonyl (C=O) groups excluding carboxylic acids is 1. The Kier molecular flexibility index (Phi) is 4.23. The van der Waals surface area contributed by atoms with Gasteiger partial charge in [-0.05, 0) is 0 Å². The van der Waals surface area contributed by atoms with Crippen LogP contribution < -0.4 is 5.32 Å². The Labute approximate surface area is 84.4 Å². The Balaban J connectivity index is 5.16. The van der Waals surface area contributed by atoms with Crippen molar-refractivity contribution in [3.63, 3.8) is 0 Å². The summed E-state index contributed by atoms with van der Waals surface area (Å²) in [5.74, 6) is -0.796. The van der Waals surface area contributed by atoms with Crippen LogP contribution >= 0.6 is 15.2 Å². The standard InChI is InChI=1S/C4H11NO8P2/c1-3(6)5-2-4(7,14(8,9)10)15(11,12)13/h7H,2H2,1H3,(H,5,6)(H2,8,9,10)(H2,11,12,13). The number of hydrogen-bond donors (Lipinski definition) is 6. The van der Waals surface area contributed by atoms with Gasteiger partial charge in [0, 0.05) is 6.92 Å². The third-order valence-corrected chi connectivity index (χ3v) is 5.25. The molecule has 0 aromatic rings. The predicted molar refractivity (Wildman–Crippen MR) is 47.7 cm³/mol. The highest BCUT2D eigenvalue weighted by Gasteiger charge is 2.59. The molecule has 0 aliphatic carbocycles. The second kappa shape index (κ2) is 4.31. The van der Waals surface area contributed by atoms with E-state index in [4.69, 9.17) is 19.6 Å². The maximum absolute atomic E-state index is 10.7. The van der Waals surface area contributed by atoms with Crippen molar-refractivity contribution in [1.82, 2.24) is 5.32 Å². The van der Waals surface area contributed by atoms with Crippen LogP contribution in [0.15, 0.2) is 0 Å². The molecule has 11 heteroatoms. The summed E-state index contributed by atoms with van der Waals surface area (Å²) in [6, 6.07) is 0. The van der Waals surface area contributed by atoms with E-state index in [1.807, 2.05) is 0 Å². The second-order valence-electron chi connectivity index (χ2n) is 2.77. The van der Waals surface area contributed by atoms with Crippen molar-refractivity contribution in [2.45, 2.75) is 12.0 Å². The fraction of sp³-hybridized carbons (Fsp3) is 0.750. The van der Waals surface area contributed by atoms with Crippen molar-refractivity contribution in [3.8, 4) is 0 Å². The lowest BCUT2D eigenvalue weighted by Gasteiger charge is -2.28. The van der Waals surface area contributed by atoms with E-state index in [1.54, 1.807) is 5.32 Å². The Morgan fingerprint density at radius 1 is 1.20 bits per heavy atom. The summed E-state index contributed by atoms with van der Waals surface area (Å²) in [6.45, 7) is -0.281. The summed E-state index contributed by atoms with van der Waals surface area (Å²) in [6.07, 6.45) is 0. The van der Waals surface area contributed by atoms with E-state index in [2.05, 4.69) is 0 Å². The average Bonchev–Trinajstić information content (AvgIpc) is 1.95. The molecule has 0 aromatic carbocycles. The first-order chi connectivity index (χ1) is 6.42. The summed E-state index contributed by atoms with van der Waals surface area (Å²) in [4.78, 5) is 44.8. The maximum Gasteiger partial charge on any atom is 0.371 e. The summed E-state index contributed by atoms with van der Waals surface area (Å²) in [5.41, 5.74) is 0. The van der Waals surface area contributed by atoms with Crippen LogP contribution in [0.3, 0.4) is 0 Å². The van der Waals surface area contributed by atoms with Crippen molar-refractivity contribution in [3.05, 3.63) is 0 Å². The molecule has 9 nitrogen and oxygen atoms in total. The molecule has 0 unspecified atom stereocenters. The van der Waals surface area contributed by atoms with Gasteiger partial charge in [0.1, 0.15) is 0 Å². The Bertz CT molecular complexity index is 319. The first-order valence-electron chi connectivity index (χ1n) is 3.50. The fourth-order valence-corrected chi connectivity index (χ4v) is 2.55. The minimum Gasteiger partial charge on any atom is -0.366 e. The molecule has 0 aliphatic rings. The summed E-state index contributed by atoms with van der Waals surface area (Å²) in [5, 5.41) is 7.33. The van der Waals surface area contributed by atoms with E-state index in [0.29, 0.717) is 0 Å². The highest BCUT2D eigenvalue weighted by Crippen LogP contribution is 2.66. The number of carbonyl (C=O) groups is 1. The van der Waals surface area contributed by atoms with Gasteiger partial charge >= 0.3 is 15.2 Å². The summed E-state index contributed by atoms with van der Waals surface area (Å²) in [7, 11) is -11.0. The van der Waals surface area contributed by atoms with Crippen LogP contribution in [-0.2, 0) is 13.9 Å². The van der Waals surface area contributed by atoms with Crippen molar-refractivity contribution in [2.24, 2.45) is 0 Å². The average molecular weight is 263 g/mol. The number of rotatable bonds is 4. The minimum atomic E-state index is -5.49. The lowest BCUT2D eigenvalue weighted by Crippen LogP contribution is -2.41. The Morgan fingerprint density at radius 3 is 1.73 bits per heavy atom. The van der Waals surface area contributed by atoms with Crippen LogP contribution in [-0.4, -0.2) is 42.2 Å². The smallest absolute Gasteiger partial charge is 0.366 e. The van der Waals surface area contributed by atoms with E-state index in [0.717, 1.165) is 6.92 Å². The van der Waals surface area contributed by atoms with Gasteiger partial charge in [-0.3, -0.25) is 13.9 Å². The highest BCUT2D eigenvalue weighted by molar-refractivity contribution is 7.72. The number of nitrogens with one attached hydrogen (secondary N) is 1. The van der Waals surface area contributed by atoms with Gasteiger partial charge in [-0.15, -0.1) is 0 Å². The monoisotopic (exact) mass is 263 g/mol. The van der Waals surface area contributed by atoms with E-state index >= 15 is 0 Å². The molecular weight excluding hydrogens is 252 g/mol. The minimum absolute atomic E-state index is 0.796. The summed E-state index contributed by atoms with van der Waals surface area (Å²) >= 11 is 0. The Hall–Kier alpha value is -0.270. The molecule has 0 radical (unpaired) electrons.